The predicted octanol–water partition coefficient (Wildman–Crippen LogP) is 3.62. The predicted molar refractivity (Wildman–Crippen MR) is 78.9 cm³/mol. The Labute approximate surface area is 118 Å². The second kappa shape index (κ2) is 4.99. The van der Waals surface area contributed by atoms with Gasteiger partial charge in [-0.3, -0.25) is 0 Å². The highest BCUT2D eigenvalue weighted by atomic mass is 79.9. The molecule has 18 heavy (non-hydrogen) atoms. The number of hydrogen-bond donors (Lipinski definition) is 0. The van der Waals surface area contributed by atoms with E-state index >= 15 is 0 Å². The van der Waals surface area contributed by atoms with Crippen LogP contribution in [0.5, 0.6) is 0 Å². The highest BCUT2D eigenvalue weighted by Crippen LogP contribution is 2.39. The molecule has 0 bridgehead atoms. The summed E-state index contributed by atoms with van der Waals surface area (Å²) >= 11 is 3.69. The van der Waals surface area contributed by atoms with E-state index in [1.165, 1.54) is 5.56 Å². The molecule has 1 aromatic carbocycles. The van der Waals surface area contributed by atoms with Crippen LogP contribution < -0.4 is 0 Å². The van der Waals surface area contributed by atoms with E-state index in [0.29, 0.717) is 0 Å². The van der Waals surface area contributed by atoms with Crippen LogP contribution in [0, 0.1) is 0 Å². The molecule has 0 aliphatic carbocycles. The third-order valence-electron chi connectivity index (χ3n) is 3.84. The lowest BCUT2D eigenvalue weighted by Gasteiger charge is -2.32. The highest BCUT2D eigenvalue weighted by molar-refractivity contribution is 9.10. The van der Waals surface area contributed by atoms with E-state index in [1.54, 1.807) is 0 Å². The summed E-state index contributed by atoms with van der Waals surface area (Å²) in [4.78, 5) is 0. The maximum atomic E-state index is 6.03. The zero-order chi connectivity index (χ0) is 13.4. The van der Waals surface area contributed by atoms with Crippen molar-refractivity contribution < 1.29 is 9.31 Å². The van der Waals surface area contributed by atoms with Crippen molar-refractivity contribution in [2.45, 2.75) is 50.0 Å². The molecule has 0 saturated carbocycles. The second-order valence-corrected chi connectivity index (χ2v) is 7.01. The molecular formula is C14H20BBrO2. The molecule has 2 nitrogen and oxygen atoms in total. The standard InChI is InChI=1S/C14H20BBrO2/c1-13(2)14(3,4)18-15(17-13)12(16)10-11-8-6-5-7-9-11/h5-9,12H,10H2,1-4H3. The first-order valence-electron chi connectivity index (χ1n) is 6.35. The topological polar surface area (TPSA) is 18.5 Å². The van der Waals surface area contributed by atoms with Crippen LogP contribution in [0.15, 0.2) is 30.3 Å². The van der Waals surface area contributed by atoms with Gasteiger partial charge in [-0.05, 0) is 39.7 Å². The van der Waals surface area contributed by atoms with Crippen LogP contribution in [0.1, 0.15) is 33.3 Å². The average Bonchev–Trinajstić information content (AvgIpc) is 2.50. The molecule has 1 aromatic rings. The summed E-state index contributed by atoms with van der Waals surface area (Å²) in [6.45, 7) is 8.31. The van der Waals surface area contributed by atoms with Gasteiger partial charge in [-0.2, -0.15) is 0 Å². The number of halogens is 1. The van der Waals surface area contributed by atoms with Crippen LogP contribution >= 0.6 is 15.9 Å². The second-order valence-electron chi connectivity index (χ2n) is 5.83. The van der Waals surface area contributed by atoms with Crippen molar-refractivity contribution in [3.63, 3.8) is 0 Å². The molecule has 1 fully saturated rings. The molecule has 1 aliphatic heterocycles. The quantitative estimate of drug-likeness (QED) is 0.627. The molecule has 0 aromatic heterocycles. The van der Waals surface area contributed by atoms with Crippen LogP contribution in [-0.4, -0.2) is 23.0 Å². The molecule has 0 radical (unpaired) electrons. The van der Waals surface area contributed by atoms with Crippen molar-refractivity contribution in [3.05, 3.63) is 35.9 Å². The molecule has 1 aliphatic rings. The molecule has 2 rings (SSSR count). The Kier molecular flexibility index (Phi) is 3.91. The van der Waals surface area contributed by atoms with E-state index in [9.17, 15) is 0 Å². The molecule has 4 heteroatoms. The first-order chi connectivity index (χ1) is 8.32. The minimum Gasteiger partial charge on any atom is -0.402 e. The molecule has 1 unspecified atom stereocenters. The largest absolute Gasteiger partial charge is 0.472 e. The molecular weight excluding hydrogens is 291 g/mol. The Morgan fingerprint density at radius 2 is 1.56 bits per heavy atom. The summed E-state index contributed by atoms with van der Waals surface area (Å²) < 4.78 is 12.2. The maximum absolute atomic E-state index is 6.03. The minimum absolute atomic E-state index is 0.168. The van der Waals surface area contributed by atoms with E-state index in [1.807, 2.05) is 6.07 Å². The van der Waals surface area contributed by atoms with Crippen LogP contribution in [-0.2, 0) is 15.7 Å². The Hall–Kier alpha value is -0.315. The minimum atomic E-state index is -0.264. The van der Waals surface area contributed by atoms with Crippen molar-refractivity contribution in [1.29, 1.82) is 0 Å². The number of alkyl halides is 1. The lowest BCUT2D eigenvalue weighted by atomic mass is 9.81. The van der Waals surface area contributed by atoms with E-state index < -0.39 is 0 Å². The highest BCUT2D eigenvalue weighted by Gasteiger charge is 2.53. The fraction of sp³-hybridized carbons (Fsp3) is 0.571. The van der Waals surface area contributed by atoms with Gasteiger partial charge in [0.1, 0.15) is 0 Å². The Bertz CT molecular complexity index is 390. The van der Waals surface area contributed by atoms with Gasteiger partial charge in [-0.25, -0.2) is 0 Å². The van der Waals surface area contributed by atoms with Crippen molar-refractivity contribution in [3.8, 4) is 0 Å². The lowest BCUT2D eigenvalue weighted by Crippen LogP contribution is -2.41. The molecule has 1 heterocycles. The summed E-state index contributed by atoms with van der Waals surface area (Å²) in [5, 5.41) is 0. The SMILES string of the molecule is CC1(C)OB(C(Br)Cc2ccccc2)OC1(C)C. The van der Waals surface area contributed by atoms with Crippen molar-refractivity contribution in [1.82, 2.24) is 0 Å². The summed E-state index contributed by atoms with van der Waals surface area (Å²) in [6.07, 6.45) is 0.900. The van der Waals surface area contributed by atoms with Crippen molar-refractivity contribution in [2.75, 3.05) is 0 Å². The third-order valence-corrected chi connectivity index (χ3v) is 4.60. The fourth-order valence-corrected chi connectivity index (χ4v) is 2.56. The van der Waals surface area contributed by atoms with Gasteiger partial charge < -0.3 is 9.31 Å². The number of rotatable bonds is 3. The zero-order valence-corrected chi connectivity index (χ0v) is 13.0. The van der Waals surface area contributed by atoms with E-state index in [2.05, 4.69) is 67.9 Å². The summed E-state index contributed by atoms with van der Waals surface area (Å²) in [6, 6.07) is 10.4. The monoisotopic (exact) mass is 310 g/mol. The van der Waals surface area contributed by atoms with E-state index in [4.69, 9.17) is 9.31 Å². The van der Waals surface area contributed by atoms with Crippen LogP contribution in [0.4, 0.5) is 0 Å². The molecule has 0 N–H and O–H groups in total. The first kappa shape index (κ1) is 14.1. The summed E-state index contributed by atoms with van der Waals surface area (Å²) in [5.74, 6) is 0. The van der Waals surface area contributed by atoms with Gasteiger partial charge in [0, 0.05) is 0 Å². The first-order valence-corrected chi connectivity index (χ1v) is 7.27. The van der Waals surface area contributed by atoms with Crippen LogP contribution in [0.3, 0.4) is 0 Å². The van der Waals surface area contributed by atoms with E-state index in [0.717, 1.165) is 6.42 Å². The Morgan fingerprint density at radius 1 is 1.06 bits per heavy atom. The molecule has 0 amide bonds. The molecule has 0 spiro atoms. The maximum Gasteiger partial charge on any atom is 0.472 e. The summed E-state index contributed by atoms with van der Waals surface area (Å²) in [7, 11) is -0.199. The smallest absolute Gasteiger partial charge is 0.402 e. The lowest BCUT2D eigenvalue weighted by molar-refractivity contribution is 0.00578. The van der Waals surface area contributed by atoms with Gasteiger partial charge in [0.05, 0.1) is 15.9 Å². The van der Waals surface area contributed by atoms with Gasteiger partial charge in [0.15, 0.2) is 0 Å². The van der Waals surface area contributed by atoms with Gasteiger partial charge in [0.25, 0.3) is 0 Å². The van der Waals surface area contributed by atoms with Crippen molar-refractivity contribution in [2.24, 2.45) is 0 Å². The Balaban J connectivity index is 2.02. The zero-order valence-electron chi connectivity index (χ0n) is 11.4. The third kappa shape index (κ3) is 2.81. The van der Waals surface area contributed by atoms with Gasteiger partial charge in [0.2, 0.25) is 0 Å². The fourth-order valence-electron chi connectivity index (χ4n) is 1.97. The van der Waals surface area contributed by atoms with Crippen LogP contribution in [0.25, 0.3) is 0 Å². The van der Waals surface area contributed by atoms with Crippen molar-refractivity contribution >= 4 is 23.0 Å². The summed E-state index contributed by atoms with van der Waals surface area (Å²) in [5.41, 5.74) is 0.759. The van der Waals surface area contributed by atoms with Gasteiger partial charge in [-0.15, -0.1) is 0 Å². The van der Waals surface area contributed by atoms with Crippen LogP contribution in [0.2, 0.25) is 0 Å². The molecule has 1 atom stereocenters. The van der Waals surface area contributed by atoms with E-state index in [-0.39, 0.29) is 23.0 Å². The molecule has 98 valence electrons. The van der Waals surface area contributed by atoms with Gasteiger partial charge in [-0.1, -0.05) is 46.3 Å². The normalized spacial score (nSPS) is 23.1. The van der Waals surface area contributed by atoms with Gasteiger partial charge >= 0.3 is 7.12 Å². The number of hydrogen-bond acceptors (Lipinski definition) is 2. The molecule has 1 saturated heterocycles. The number of benzene rings is 1. The average molecular weight is 311 g/mol. The Morgan fingerprint density at radius 3 is 2.06 bits per heavy atom.